The number of rotatable bonds is 6. The van der Waals surface area contributed by atoms with E-state index in [-0.39, 0.29) is 17.5 Å². The summed E-state index contributed by atoms with van der Waals surface area (Å²) in [4.78, 5) is 11.9. The number of hydrogen-bond donors (Lipinski definition) is 1. The number of carbonyl (C=O) groups is 1. The molecular formula is C16H19IN2O3. The Hall–Kier alpha value is -1.75. The van der Waals surface area contributed by atoms with E-state index in [2.05, 4.69) is 27.9 Å². The average molecular weight is 414 g/mol. The Bertz CT molecular complexity index is 619. The molecule has 0 aromatic heterocycles. The van der Waals surface area contributed by atoms with Crippen molar-refractivity contribution in [1.82, 2.24) is 5.32 Å². The third-order valence-electron chi connectivity index (χ3n) is 2.63. The summed E-state index contributed by atoms with van der Waals surface area (Å²) < 4.78 is 11.7. The van der Waals surface area contributed by atoms with E-state index >= 15 is 0 Å². The van der Waals surface area contributed by atoms with Gasteiger partial charge in [0, 0.05) is 6.04 Å². The fraction of sp³-hybridized carbons (Fsp3) is 0.375. The van der Waals surface area contributed by atoms with Crippen molar-refractivity contribution in [2.45, 2.75) is 26.8 Å². The Morgan fingerprint density at radius 1 is 1.50 bits per heavy atom. The van der Waals surface area contributed by atoms with E-state index in [1.165, 1.54) is 0 Å². The first-order valence-electron chi connectivity index (χ1n) is 6.85. The maximum atomic E-state index is 11.9. The lowest BCUT2D eigenvalue weighted by Crippen LogP contribution is -2.30. The minimum Gasteiger partial charge on any atom is -0.492 e. The zero-order chi connectivity index (χ0) is 16.7. The molecule has 0 bridgehead atoms. The average Bonchev–Trinajstić information content (AvgIpc) is 2.44. The quantitative estimate of drug-likeness (QED) is 0.441. The molecule has 0 radical (unpaired) electrons. The molecule has 0 saturated carbocycles. The van der Waals surface area contributed by atoms with Crippen LogP contribution in [0.1, 0.15) is 26.3 Å². The predicted molar refractivity (Wildman–Crippen MR) is 93.7 cm³/mol. The van der Waals surface area contributed by atoms with E-state index in [0.717, 1.165) is 3.57 Å². The van der Waals surface area contributed by atoms with Gasteiger partial charge >= 0.3 is 0 Å². The molecule has 118 valence electrons. The molecule has 6 heteroatoms. The monoisotopic (exact) mass is 414 g/mol. The van der Waals surface area contributed by atoms with Crippen molar-refractivity contribution < 1.29 is 14.3 Å². The molecule has 1 aromatic carbocycles. The van der Waals surface area contributed by atoms with Gasteiger partial charge in [0.1, 0.15) is 11.6 Å². The van der Waals surface area contributed by atoms with Crippen LogP contribution in [0.25, 0.3) is 6.08 Å². The van der Waals surface area contributed by atoms with Gasteiger partial charge in [-0.25, -0.2) is 0 Å². The van der Waals surface area contributed by atoms with Gasteiger partial charge in [0.2, 0.25) is 0 Å². The predicted octanol–water partition coefficient (Wildman–Crippen LogP) is 3.13. The maximum Gasteiger partial charge on any atom is 0.262 e. The third kappa shape index (κ3) is 4.91. The maximum absolute atomic E-state index is 11.9. The molecule has 0 fully saturated rings. The minimum absolute atomic E-state index is 0.0285. The molecule has 0 unspecified atom stereocenters. The second kappa shape index (κ2) is 8.63. The summed E-state index contributed by atoms with van der Waals surface area (Å²) in [6.07, 6.45) is 1.54. The lowest BCUT2D eigenvalue weighted by molar-refractivity contribution is -0.117. The molecule has 5 nitrogen and oxygen atoms in total. The van der Waals surface area contributed by atoms with Gasteiger partial charge < -0.3 is 14.8 Å². The van der Waals surface area contributed by atoms with Gasteiger partial charge in [-0.15, -0.1) is 0 Å². The van der Waals surface area contributed by atoms with Crippen LogP contribution in [-0.4, -0.2) is 25.7 Å². The number of hydrogen-bond acceptors (Lipinski definition) is 4. The SMILES string of the molecule is CCOc1cc(/C=C(/C#N)C(=O)NC(C)C)cc(I)c1OC. The molecule has 1 aromatic rings. The molecule has 0 atom stereocenters. The van der Waals surface area contributed by atoms with Crippen molar-refractivity contribution in [2.75, 3.05) is 13.7 Å². The van der Waals surface area contributed by atoms with Gasteiger partial charge in [-0.3, -0.25) is 4.79 Å². The molecule has 1 N–H and O–H groups in total. The van der Waals surface area contributed by atoms with Gasteiger partial charge in [0.15, 0.2) is 11.5 Å². The molecule has 0 saturated heterocycles. The van der Waals surface area contributed by atoms with Crippen LogP contribution in [0.4, 0.5) is 0 Å². The summed E-state index contributed by atoms with van der Waals surface area (Å²) in [7, 11) is 1.58. The fourth-order valence-corrected chi connectivity index (χ4v) is 2.63. The third-order valence-corrected chi connectivity index (χ3v) is 3.43. The molecule has 1 amide bonds. The van der Waals surface area contributed by atoms with E-state index in [4.69, 9.17) is 9.47 Å². The Labute approximate surface area is 144 Å². The van der Waals surface area contributed by atoms with Crippen LogP contribution in [-0.2, 0) is 4.79 Å². The molecule has 22 heavy (non-hydrogen) atoms. The highest BCUT2D eigenvalue weighted by molar-refractivity contribution is 14.1. The van der Waals surface area contributed by atoms with Crippen LogP contribution < -0.4 is 14.8 Å². The van der Waals surface area contributed by atoms with Crippen LogP contribution in [0.5, 0.6) is 11.5 Å². The Kier molecular flexibility index (Phi) is 7.18. The van der Waals surface area contributed by atoms with Crippen molar-refractivity contribution in [1.29, 1.82) is 5.26 Å². The van der Waals surface area contributed by atoms with Crippen molar-refractivity contribution in [2.24, 2.45) is 0 Å². The standard InChI is InChI=1S/C16H19IN2O3/c1-5-22-14-8-11(7-13(17)15(14)21-4)6-12(9-18)16(20)19-10(2)3/h6-8,10H,5H2,1-4H3,(H,19,20)/b12-6-. The molecular weight excluding hydrogens is 395 g/mol. The second-order valence-corrected chi connectivity index (χ2v) is 5.93. The van der Waals surface area contributed by atoms with Crippen molar-refractivity contribution in [3.63, 3.8) is 0 Å². The van der Waals surface area contributed by atoms with Crippen LogP contribution in [0.3, 0.4) is 0 Å². The van der Waals surface area contributed by atoms with Gasteiger partial charge in [0.25, 0.3) is 5.91 Å². The lowest BCUT2D eigenvalue weighted by atomic mass is 10.1. The van der Waals surface area contributed by atoms with Gasteiger partial charge in [0.05, 0.1) is 17.3 Å². The fourth-order valence-electron chi connectivity index (χ4n) is 1.79. The van der Waals surface area contributed by atoms with E-state index < -0.39 is 0 Å². The number of carbonyl (C=O) groups excluding carboxylic acids is 1. The second-order valence-electron chi connectivity index (χ2n) is 4.77. The van der Waals surface area contributed by atoms with Crippen molar-refractivity contribution >= 4 is 34.6 Å². The summed E-state index contributed by atoms with van der Waals surface area (Å²) >= 11 is 2.13. The number of halogens is 1. The first-order chi connectivity index (χ1) is 10.4. The molecule has 1 rings (SSSR count). The molecule has 0 spiro atoms. The first kappa shape index (κ1) is 18.3. The van der Waals surface area contributed by atoms with Crippen LogP contribution >= 0.6 is 22.6 Å². The summed E-state index contributed by atoms with van der Waals surface area (Å²) in [5, 5.41) is 11.9. The number of nitriles is 1. The van der Waals surface area contributed by atoms with Crippen molar-refractivity contribution in [3.8, 4) is 17.6 Å². The van der Waals surface area contributed by atoms with Crippen molar-refractivity contribution in [3.05, 3.63) is 26.8 Å². The minimum atomic E-state index is -0.388. The summed E-state index contributed by atoms with van der Waals surface area (Å²) in [6.45, 7) is 6.07. The first-order valence-corrected chi connectivity index (χ1v) is 7.93. The summed E-state index contributed by atoms with van der Waals surface area (Å²) in [5.74, 6) is 0.843. The lowest BCUT2D eigenvalue weighted by Gasteiger charge is -2.12. The molecule has 0 aliphatic carbocycles. The number of nitrogens with zero attached hydrogens (tertiary/aromatic N) is 1. The van der Waals surface area contributed by atoms with Crippen LogP contribution in [0, 0.1) is 14.9 Å². The number of amides is 1. The molecule has 0 heterocycles. The van der Waals surface area contributed by atoms with E-state index in [9.17, 15) is 10.1 Å². The zero-order valence-electron chi connectivity index (χ0n) is 13.1. The largest absolute Gasteiger partial charge is 0.492 e. The number of ether oxygens (including phenoxy) is 2. The van der Waals surface area contributed by atoms with E-state index in [1.54, 1.807) is 19.3 Å². The van der Waals surface area contributed by atoms with Crippen LogP contribution in [0.2, 0.25) is 0 Å². The zero-order valence-corrected chi connectivity index (χ0v) is 15.2. The smallest absolute Gasteiger partial charge is 0.262 e. The van der Waals surface area contributed by atoms with E-state index in [1.807, 2.05) is 32.9 Å². The van der Waals surface area contributed by atoms with Gasteiger partial charge in [-0.1, -0.05) is 0 Å². The highest BCUT2D eigenvalue weighted by Crippen LogP contribution is 2.34. The summed E-state index contributed by atoms with van der Waals surface area (Å²) in [5.41, 5.74) is 0.765. The Morgan fingerprint density at radius 2 is 2.18 bits per heavy atom. The Morgan fingerprint density at radius 3 is 2.68 bits per heavy atom. The van der Waals surface area contributed by atoms with Crippen LogP contribution in [0.15, 0.2) is 17.7 Å². The Balaban J connectivity index is 3.23. The molecule has 0 aliphatic heterocycles. The topological polar surface area (TPSA) is 71.3 Å². The van der Waals surface area contributed by atoms with Gasteiger partial charge in [-0.2, -0.15) is 5.26 Å². The van der Waals surface area contributed by atoms with Gasteiger partial charge in [-0.05, 0) is 67.1 Å². The normalized spacial score (nSPS) is 11.0. The number of benzene rings is 1. The highest BCUT2D eigenvalue weighted by Gasteiger charge is 2.13. The number of nitrogens with one attached hydrogen (secondary N) is 1. The highest BCUT2D eigenvalue weighted by atomic mass is 127. The number of methoxy groups -OCH3 is 1. The van der Waals surface area contributed by atoms with E-state index in [0.29, 0.717) is 23.7 Å². The molecule has 0 aliphatic rings. The summed E-state index contributed by atoms with van der Waals surface area (Å²) in [6, 6.07) is 5.49.